The number of nitrogens with one attached hydrogen (secondary N) is 2. The number of amides is 2. The lowest BCUT2D eigenvalue weighted by Crippen LogP contribution is -3.05. The van der Waals surface area contributed by atoms with E-state index >= 15 is 0 Å². The van der Waals surface area contributed by atoms with E-state index in [9.17, 15) is 9.59 Å². The standard InChI is InChI=1S/C19H26N4O2S/c1-13(2)14-6-8-15(9-7-14)23-18(25)16(17(24)21-19(23)26)12-20-10-5-11-22(3)4/h6-9,12-13,16H,5,10-11H2,1-4H3,(H,21,24,26)/p+1/t16-/m1/s1. The van der Waals surface area contributed by atoms with Gasteiger partial charge in [-0.1, -0.05) is 26.0 Å². The number of aliphatic imine (C=N–C) groups is 1. The lowest BCUT2D eigenvalue weighted by Gasteiger charge is -2.31. The molecule has 0 radical (unpaired) electrons. The number of anilines is 1. The molecule has 1 fully saturated rings. The van der Waals surface area contributed by atoms with Gasteiger partial charge in [0, 0.05) is 19.2 Å². The molecule has 1 saturated heterocycles. The minimum Gasteiger partial charge on any atom is -0.340 e. The van der Waals surface area contributed by atoms with Gasteiger partial charge >= 0.3 is 0 Å². The van der Waals surface area contributed by atoms with Crippen LogP contribution in [0.5, 0.6) is 0 Å². The first-order valence-electron chi connectivity index (χ1n) is 8.89. The smallest absolute Gasteiger partial charge is 0.251 e. The van der Waals surface area contributed by atoms with Gasteiger partial charge in [0.1, 0.15) is 0 Å². The predicted molar refractivity (Wildman–Crippen MR) is 108 cm³/mol. The summed E-state index contributed by atoms with van der Waals surface area (Å²) < 4.78 is 0. The van der Waals surface area contributed by atoms with E-state index in [1.165, 1.54) is 21.6 Å². The number of benzene rings is 1. The summed E-state index contributed by atoms with van der Waals surface area (Å²) in [6.07, 6.45) is 2.35. The van der Waals surface area contributed by atoms with Crippen LogP contribution in [0.4, 0.5) is 5.69 Å². The molecule has 140 valence electrons. The van der Waals surface area contributed by atoms with E-state index in [0.29, 0.717) is 18.2 Å². The molecule has 1 aliphatic heterocycles. The van der Waals surface area contributed by atoms with Crippen LogP contribution in [0, 0.1) is 5.92 Å². The molecule has 1 aromatic rings. The highest BCUT2D eigenvalue weighted by Gasteiger charge is 2.38. The molecule has 1 aliphatic rings. The third-order valence-corrected chi connectivity index (χ3v) is 4.52. The highest BCUT2D eigenvalue weighted by atomic mass is 32.1. The summed E-state index contributed by atoms with van der Waals surface area (Å²) in [7, 11) is 4.15. The van der Waals surface area contributed by atoms with Crippen molar-refractivity contribution in [3.8, 4) is 0 Å². The number of nitrogens with zero attached hydrogens (tertiary/aromatic N) is 2. The number of hydrogen-bond acceptors (Lipinski definition) is 4. The van der Waals surface area contributed by atoms with E-state index in [0.717, 1.165) is 13.0 Å². The summed E-state index contributed by atoms with van der Waals surface area (Å²) in [6, 6.07) is 7.65. The Bertz CT molecular complexity index is 698. The van der Waals surface area contributed by atoms with Crippen molar-refractivity contribution in [2.75, 3.05) is 32.1 Å². The van der Waals surface area contributed by atoms with Crippen LogP contribution in [0.15, 0.2) is 29.3 Å². The van der Waals surface area contributed by atoms with E-state index in [1.54, 1.807) is 0 Å². The molecule has 6 nitrogen and oxygen atoms in total. The monoisotopic (exact) mass is 375 g/mol. The summed E-state index contributed by atoms with van der Waals surface area (Å²) in [5.74, 6) is -1.33. The van der Waals surface area contributed by atoms with Gasteiger partial charge < -0.3 is 10.2 Å². The molecule has 0 saturated carbocycles. The minimum absolute atomic E-state index is 0.109. The summed E-state index contributed by atoms with van der Waals surface area (Å²) in [4.78, 5) is 32.0. The van der Waals surface area contributed by atoms with Gasteiger partial charge in [0.25, 0.3) is 5.91 Å². The van der Waals surface area contributed by atoms with Gasteiger partial charge in [-0.3, -0.25) is 19.5 Å². The Morgan fingerprint density at radius 1 is 1.27 bits per heavy atom. The van der Waals surface area contributed by atoms with E-state index < -0.39 is 11.8 Å². The van der Waals surface area contributed by atoms with E-state index in [2.05, 4.69) is 38.3 Å². The van der Waals surface area contributed by atoms with Crippen LogP contribution in [-0.2, 0) is 9.59 Å². The summed E-state index contributed by atoms with van der Waals surface area (Å²) in [5, 5.41) is 2.72. The molecule has 1 aromatic carbocycles. The van der Waals surface area contributed by atoms with Crippen molar-refractivity contribution >= 4 is 41.0 Å². The van der Waals surface area contributed by atoms with Crippen molar-refractivity contribution in [2.45, 2.75) is 26.2 Å². The molecule has 26 heavy (non-hydrogen) atoms. The SMILES string of the molecule is CC(C)c1ccc(N2C(=O)[C@H](C=NCCC[NH+](C)C)C(=O)NC2=S)cc1. The van der Waals surface area contributed by atoms with Crippen LogP contribution in [0.2, 0.25) is 0 Å². The van der Waals surface area contributed by atoms with E-state index in [1.807, 2.05) is 24.3 Å². The molecule has 2 N–H and O–H groups in total. The zero-order valence-corrected chi connectivity index (χ0v) is 16.6. The van der Waals surface area contributed by atoms with Gasteiger partial charge in [0.2, 0.25) is 5.91 Å². The zero-order valence-electron chi connectivity index (χ0n) is 15.8. The van der Waals surface area contributed by atoms with Crippen molar-refractivity contribution < 1.29 is 14.5 Å². The maximum atomic E-state index is 12.8. The Labute approximate surface area is 160 Å². The van der Waals surface area contributed by atoms with Crippen molar-refractivity contribution in [1.82, 2.24) is 5.32 Å². The maximum Gasteiger partial charge on any atom is 0.251 e. The zero-order chi connectivity index (χ0) is 19.3. The molecule has 0 aliphatic carbocycles. The number of rotatable bonds is 7. The van der Waals surface area contributed by atoms with Crippen LogP contribution < -0.4 is 15.1 Å². The summed E-state index contributed by atoms with van der Waals surface area (Å²) in [5.41, 5.74) is 1.83. The molecule has 2 rings (SSSR count). The second-order valence-corrected chi connectivity index (χ2v) is 7.44. The summed E-state index contributed by atoms with van der Waals surface area (Å²) in [6.45, 7) is 5.79. The average Bonchev–Trinajstić information content (AvgIpc) is 2.57. The highest BCUT2D eigenvalue weighted by molar-refractivity contribution is 7.80. The molecular weight excluding hydrogens is 348 g/mol. The van der Waals surface area contributed by atoms with Gasteiger partial charge in [-0.05, 0) is 35.8 Å². The van der Waals surface area contributed by atoms with Crippen molar-refractivity contribution in [3.05, 3.63) is 29.8 Å². The second kappa shape index (κ2) is 9.00. The number of carbonyl (C=O) groups is 2. The second-order valence-electron chi connectivity index (χ2n) is 7.06. The lowest BCUT2D eigenvalue weighted by molar-refractivity contribution is -0.858. The van der Waals surface area contributed by atoms with Crippen molar-refractivity contribution in [1.29, 1.82) is 0 Å². The Morgan fingerprint density at radius 2 is 1.92 bits per heavy atom. The molecule has 7 heteroatoms. The van der Waals surface area contributed by atoms with Crippen LogP contribution in [0.1, 0.15) is 31.7 Å². The predicted octanol–water partition coefficient (Wildman–Crippen LogP) is 0.779. The normalized spacial score (nSPS) is 18.3. The van der Waals surface area contributed by atoms with Crippen molar-refractivity contribution in [3.63, 3.8) is 0 Å². The van der Waals surface area contributed by atoms with E-state index in [-0.39, 0.29) is 11.0 Å². The molecule has 0 aromatic heterocycles. The highest BCUT2D eigenvalue weighted by Crippen LogP contribution is 2.23. The van der Waals surface area contributed by atoms with Crippen LogP contribution in [0.3, 0.4) is 0 Å². The molecule has 0 spiro atoms. The van der Waals surface area contributed by atoms with Crippen LogP contribution >= 0.6 is 12.2 Å². The molecule has 1 atom stereocenters. The van der Waals surface area contributed by atoms with Gasteiger partial charge in [-0.15, -0.1) is 0 Å². The van der Waals surface area contributed by atoms with Crippen LogP contribution in [0.25, 0.3) is 0 Å². The van der Waals surface area contributed by atoms with Gasteiger partial charge in [-0.2, -0.15) is 0 Å². The molecular formula is C19H27N4O2S+. The number of thiocarbonyl (C=S) groups is 1. The fourth-order valence-corrected chi connectivity index (χ4v) is 2.97. The molecule has 1 heterocycles. The Kier molecular flexibility index (Phi) is 6.99. The minimum atomic E-state index is -0.946. The third-order valence-electron chi connectivity index (χ3n) is 4.24. The average molecular weight is 376 g/mol. The first kappa shape index (κ1) is 20.2. The number of hydrogen-bond donors (Lipinski definition) is 2. The largest absolute Gasteiger partial charge is 0.340 e. The Balaban J connectivity index is 2.12. The van der Waals surface area contributed by atoms with Gasteiger partial charge in [-0.25, -0.2) is 0 Å². The third kappa shape index (κ3) is 4.95. The number of quaternary nitrogens is 1. The molecule has 0 unspecified atom stereocenters. The molecule has 2 amide bonds. The quantitative estimate of drug-likeness (QED) is 0.320. The first-order chi connectivity index (χ1) is 12.3. The van der Waals surface area contributed by atoms with Gasteiger partial charge in [0.15, 0.2) is 11.0 Å². The van der Waals surface area contributed by atoms with Crippen LogP contribution in [-0.4, -0.2) is 50.3 Å². The maximum absolute atomic E-state index is 12.8. The fraction of sp³-hybridized carbons (Fsp3) is 0.474. The first-order valence-corrected chi connectivity index (χ1v) is 9.29. The Morgan fingerprint density at radius 3 is 2.50 bits per heavy atom. The fourth-order valence-electron chi connectivity index (χ4n) is 2.68. The van der Waals surface area contributed by atoms with E-state index in [4.69, 9.17) is 12.2 Å². The topological polar surface area (TPSA) is 66.2 Å². The Hall–Kier alpha value is -2.12. The van der Waals surface area contributed by atoms with Gasteiger partial charge in [0.05, 0.1) is 26.3 Å². The number of carbonyl (C=O) groups excluding carboxylic acids is 2. The lowest BCUT2D eigenvalue weighted by atomic mass is 10.0. The van der Waals surface area contributed by atoms with Crippen molar-refractivity contribution in [2.24, 2.45) is 10.9 Å². The molecule has 0 bridgehead atoms. The summed E-state index contributed by atoms with van der Waals surface area (Å²) >= 11 is 5.21.